The van der Waals surface area contributed by atoms with Crippen molar-refractivity contribution in [3.63, 3.8) is 0 Å². The second kappa shape index (κ2) is 5.23. The van der Waals surface area contributed by atoms with Crippen LogP contribution in [0.3, 0.4) is 0 Å². The van der Waals surface area contributed by atoms with E-state index in [4.69, 9.17) is 15.4 Å². The molecular formula is C11H15NO3. The Kier molecular flexibility index (Phi) is 3.69. The van der Waals surface area contributed by atoms with E-state index >= 15 is 0 Å². The molecular weight excluding hydrogens is 194 g/mol. The van der Waals surface area contributed by atoms with Crippen LogP contribution in [0.5, 0.6) is 0 Å². The molecule has 1 saturated heterocycles. The van der Waals surface area contributed by atoms with Crippen molar-refractivity contribution >= 4 is 0 Å². The van der Waals surface area contributed by atoms with Gasteiger partial charge in [0.25, 0.3) is 0 Å². The largest absolute Gasteiger partial charge is 0.348 e. The van der Waals surface area contributed by atoms with Crippen LogP contribution in [0.4, 0.5) is 0 Å². The SMILES string of the molecule is NOC[C@@H]1CCO[C@H](c2ccccc2)O1. The Bertz CT molecular complexity index is 289. The van der Waals surface area contributed by atoms with Crippen LogP contribution in [0.15, 0.2) is 30.3 Å². The first-order valence-corrected chi connectivity index (χ1v) is 5.04. The predicted octanol–water partition coefficient (Wildman–Crippen LogP) is 1.38. The molecule has 0 aliphatic carbocycles. The van der Waals surface area contributed by atoms with E-state index in [2.05, 4.69) is 4.84 Å². The normalized spacial score (nSPS) is 26.5. The van der Waals surface area contributed by atoms with Crippen LogP contribution < -0.4 is 5.90 Å². The van der Waals surface area contributed by atoms with Gasteiger partial charge in [-0.15, -0.1) is 0 Å². The maximum absolute atomic E-state index is 5.69. The van der Waals surface area contributed by atoms with E-state index in [0.29, 0.717) is 13.2 Å². The van der Waals surface area contributed by atoms with Gasteiger partial charge in [-0.1, -0.05) is 30.3 Å². The van der Waals surface area contributed by atoms with Crippen molar-refractivity contribution in [2.75, 3.05) is 13.2 Å². The molecule has 1 aromatic rings. The fourth-order valence-electron chi connectivity index (χ4n) is 1.60. The lowest BCUT2D eigenvalue weighted by Crippen LogP contribution is -2.31. The standard InChI is InChI=1S/C11H15NO3/c12-14-8-10-6-7-13-11(15-10)9-4-2-1-3-5-9/h1-5,10-11H,6-8,12H2/t10-,11-/m0/s1. The predicted molar refractivity (Wildman–Crippen MR) is 54.8 cm³/mol. The van der Waals surface area contributed by atoms with Crippen LogP contribution in [0, 0.1) is 0 Å². The summed E-state index contributed by atoms with van der Waals surface area (Å²) in [4.78, 5) is 4.58. The van der Waals surface area contributed by atoms with Crippen molar-refractivity contribution in [2.45, 2.75) is 18.8 Å². The van der Waals surface area contributed by atoms with Gasteiger partial charge in [-0.2, -0.15) is 0 Å². The summed E-state index contributed by atoms with van der Waals surface area (Å²) in [5, 5.41) is 0. The number of hydrogen-bond donors (Lipinski definition) is 1. The van der Waals surface area contributed by atoms with Gasteiger partial charge in [-0.05, 0) is 6.42 Å². The van der Waals surface area contributed by atoms with E-state index in [1.165, 1.54) is 0 Å². The van der Waals surface area contributed by atoms with Gasteiger partial charge >= 0.3 is 0 Å². The minimum Gasteiger partial charge on any atom is -0.348 e. The van der Waals surface area contributed by atoms with E-state index in [1.807, 2.05) is 30.3 Å². The van der Waals surface area contributed by atoms with Crippen molar-refractivity contribution in [3.8, 4) is 0 Å². The second-order valence-electron chi connectivity index (χ2n) is 3.49. The Labute approximate surface area is 88.9 Å². The zero-order valence-corrected chi connectivity index (χ0v) is 8.46. The molecule has 2 rings (SSSR count). The third kappa shape index (κ3) is 2.76. The molecule has 1 heterocycles. The van der Waals surface area contributed by atoms with E-state index in [9.17, 15) is 0 Å². The first-order valence-electron chi connectivity index (χ1n) is 5.04. The molecule has 4 heteroatoms. The number of ether oxygens (including phenoxy) is 2. The van der Waals surface area contributed by atoms with Crippen molar-refractivity contribution in [1.29, 1.82) is 0 Å². The molecule has 2 atom stereocenters. The van der Waals surface area contributed by atoms with Crippen LogP contribution >= 0.6 is 0 Å². The summed E-state index contributed by atoms with van der Waals surface area (Å²) in [6.45, 7) is 1.08. The van der Waals surface area contributed by atoms with Crippen molar-refractivity contribution in [1.82, 2.24) is 0 Å². The first kappa shape index (κ1) is 10.6. The van der Waals surface area contributed by atoms with E-state index in [-0.39, 0.29) is 12.4 Å². The summed E-state index contributed by atoms with van der Waals surface area (Å²) in [6.07, 6.45) is 0.551. The minimum atomic E-state index is -0.292. The Hall–Kier alpha value is -0.940. The number of nitrogens with two attached hydrogens (primary N) is 1. The van der Waals surface area contributed by atoms with Gasteiger partial charge in [0, 0.05) is 5.56 Å². The molecule has 82 valence electrons. The summed E-state index contributed by atoms with van der Waals surface area (Å²) >= 11 is 0. The molecule has 0 radical (unpaired) electrons. The van der Waals surface area contributed by atoms with Crippen LogP contribution in [0.2, 0.25) is 0 Å². The Morgan fingerprint density at radius 3 is 2.87 bits per heavy atom. The molecule has 0 amide bonds. The average Bonchev–Trinajstić information content (AvgIpc) is 2.31. The molecule has 1 aliphatic heterocycles. The zero-order valence-electron chi connectivity index (χ0n) is 8.46. The monoisotopic (exact) mass is 209 g/mol. The van der Waals surface area contributed by atoms with Gasteiger partial charge in [-0.25, -0.2) is 5.90 Å². The fourth-order valence-corrected chi connectivity index (χ4v) is 1.60. The molecule has 0 saturated carbocycles. The van der Waals surface area contributed by atoms with Gasteiger partial charge in [0.15, 0.2) is 6.29 Å². The maximum atomic E-state index is 5.69. The molecule has 1 fully saturated rings. The molecule has 0 bridgehead atoms. The number of rotatable bonds is 3. The highest BCUT2D eigenvalue weighted by atomic mass is 16.7. The van der Waals surface area contributed by atoms with Crippen molar-refractivity contribution in [3.05, 3.63) is 35.9 Å². The van der Waals surface area contributed by atoms with Crippen LogP contribution in [-0.2, 0) is 14.3 Å². The summed E-state index contributed by atoms with van der Waals surface area (Å²) in [5.41, 5.74) is 1.03. The second-order valence-corrected chi connectivity index (χ2v) is 3.49. The van der Waals surface area contributed by atoms with E-state index < -0.39 is 0 Å². The molecule has 0 unspecified atom stereocenters. The maximum Gasteiger partial charge on any atom is 0.184 e. The Morgan fingerprint density at radius 2 is 2.13 bits per heavy atom. The average molecular weight is 209 g/mol. The van der Waals surface area contributed by atoms with Crippen molar-refractivity contribution in [2.24, 2.45) is 5.90 Å². The van der Waals surface area contributed by atoms with Gasteiger partial charge in [0.1, 0.15) is 0 Å². The molecule has 1 aliphatic rings. The summed E-state index contributed by atoms with van der Waals surface area (Å²) in [6, 6.07) is 9.86. The lowest BCUT2D eigenvalue weighted by molar-refractivity contribution is -0.227. The fraction of sp³-hybridized carbons (Fsp3) is 0.455. The van der Waals surface area contributed by atoms with Gasteiger partial charge in [0.2, 0.25) is 0 Å². The van der Waals surface area contributed by atoms with Gasteiger partial charge in [0.05, 0.1) is 19.3 Å². The molecule has 0 aromatic heterocycles. The lowest BCUT2D eigenvalue weighted by atomic mass is 10.2. The smallest absolute Gasteiger partial charge is 0.184 e. The molecule has 2 N–H and O–H groups in total. The number of benzene rings is 1. The minimum absolute atomic E-state index is 0.0222. The highest BCUT2D eigenvalue weighted by Gasteiger charge is 2.23. The molecule has 4 nitrogen and oxygen atoms in total. The summed E-state index contributed by atoms with van der Waals surface area (Å²) in [5.74, 6) is 5.02. The Balaban J connectivity index is 1.98. The molecule has 1 aromatic carbocycles. The van der Waals surface area contributed by atoms with Crippen molar-refractivity contribution < 1.29 is 14.3 Å². The first-order chi connectivity index (χ1) is 7.40. The van der Waals surface area contributed by atoms with Gasteiger partial charge in [-0.3, -0.25) is 0 Å². The zero-order chi connectivity index (χ0) is 10.5. The topological polar surface area (TPSA) is 53.7 Å². The summed E-state index contributed by atoms with van der Waals surface area (Å²) in [7, 11) is 0. The van der Waals surface area contributed by atoms with Crippen LogP contribution in [0.1, 0.15) is 18.3 Å². The highest BCUT2D eigenvalue weighted by Crippen LogP contribution is 2.25. The van der Waals surface area contributed by atoms with Crippen LogP contribution in [-0.4, -0.2) is 19.3 Å². The Morgan fingerprint density at radius 1 is 1.33 bits per heavy atom. The molecule has 0 spiro atoms. The quantitative estimate of drug-likeness (QED) is 0.764. The summed E-state index contributed by atoms with van der Waals surface area (Å²) < 4.78 is 11.2. The molecule has 15 heavy (non-hydrogen) atoms. The van der Waals surface area contributed by atoms with E-state index in [1.54, 1.807) is 0 Å². The van der Waals surface area contributed by atoms with E-state index in [0.717, 1.165) is 12.0 Å². The third-order valence-electron chi connectivity index (χ3n) is 2.38. The number of hydrogen-bond acceptors (Lipinski definition) is 4. The lowest BCUT2D eigenvalue weighted by Gasteiger charge is -2.29. The van der Waals surface area contributed by atoms with Crippen LogP contribution in [0.25, 0.3) is 0 Å². The highest BCUT2D eigenvalue weighted by molar-refractivity contribution is 5.16. The van der Waals surface area contributed by atoms with Gasteiger partial charge < -0.3 is 14.3 Å². The third-order valence-corrected chi connectivity index (χ3v) is 2.38.